The van der Waals surface area contributed by atoms with Gasteiger partial charge in [0.15, 0.2) is 0 Å². The maximum Gasteiger partial charge on any atom is 0.123 e. The molecule has 3 heteroatoms. The summed E-state index contributed by atoms with van der Waals surface area (Å²) in [6.07, 6.45) is 6.21. The standard InChI is InChI=1S/C12H21N3/c1-3-6-10-11-7-4-5-8-15(11)12(14-10)9-13-2/h13H,3-9H2,1-2H3. The fourth-order valence-corrected chi connectivity index (χ4v) is 2.43. The second kappa shape index (κ2) is 4.79. The topological polar surface area (TPSA) is 29.9 Å². The Morgan fingerprint density at radius 1 is 1.40 bits per heavy atom. The first-order valence-electron chi connectivity index (χ1n) is 6.08. The van der Waals surface area contributed by atoms with Gasteiger partial charge >= 0.3 is 0 Å². The van der Waals surface area contributed by atoms with E-state index >= 15 is 0 Å². The molecule has 0 fully saturated rings. The average Bonchev–Trinajstić information content (AvgIpc) is 2.59. The molecule has 0 radical (unpaired) electrons. The van der Waals surface area contributed by atoms with Crippen molar-refractivity contribution in [3.05, 3.63) is 17.2 Å². The molecule has 2 rings (SSSR count). The van der Waals surface area contributed by atoms with Crippen molar-refractivity contribution >= 4 is 0 Å². The van der Waals surface area contributed by atoms with Crippen LogP contribution in [0.4, 0.5) is 0 Å². The molecule has 0 aliphatic carbocycles. The Kier molecular flexibility index (Phi) is 3.41. The van der Waals surface area contributed by atoms with Crippen molar-refractivity contribution in [2.75, 3.05) is 7.05 Å². The van der Waals surface area contributed by atoms with Crippen LogP contribution in [0.2, 0.25) is 0 Å². The number of aryl methyl sites for hydroxylation is 1. The van der Waals surface area contributed by atoms with E-state index in [0.29, 0.717) is 0 Å². The minimum atomic E-state index is 0.900. The number of imidazole rings is 1. The predicted molar refractivity (Wildman–Crippen MR) is 61.9 cm³/mol. The number of nitrogens with one attached hydrogen (secondary N) is 1. The Bertz CT molecular complexity index is 297. The average molecular weight is 207 g/mol. The summed E-state index contributed by atoms with van der Waals surface area (Å²) in [5.74, 6) is 1.23. The molecule has 0 atom stereocenters. The lowest BCUT2D eigenvalue weighted by molar-refractivity contribution is 0.506. The van der Waals surface area contributed by atoms with Gasteiger partial charge in [0.25, 0.3) is 0 Å². The number of hydrogen-bond acceptors (Lipinski definition) is 2. The van der Waals surface area contributed by atoms with Gasteiger partial charge in [-0.25, -0.2) is 4.98 Å². The van der Waals surface area contributed by atoms with Crippen LogP contribution in [-0.2, 0) is 25.9 Å². The van der Waals surface area contributed by atoms with Crippen LogP contribution >= 0.6 is 0 Å². The molecule has 0 unspecified atom stereocenters. The van der Waals surface area contributed by atoms with E-state index in [1.807, 2.05) is 7.05 Å². The van der Waals surface area contributed by atoms with E-state index in [1.165, 1.54) is 49.4 Å². The number of aromatic nitrogens is 2. The third-order valence-corrected chi connectivity index (χ3v) is 3.10. The maximum absolute atomic E-state index is 4.77. The van der Waals surface area contributed by atoms with Crippen molar-refractivity contribution in [2.24, 2.45) is 0 Å². The summed E-state index contributed by atoms with van der Waals surface area (Å²) in [5.41, 5.74) is 2.86. The van der Waals surface area contributed by atoms with Gasteiger partial charge in [0.2, 0.25) is 0 Å². The Morgan fingerprint density at radius 3 is 3.00 bits per heavy atom. The van der Waals surface area contributed by atoms with Crippen LogP contribution in [0.15, 0.2) is 0 Å². The molecule has 15 heavy (non-hydrogen) atoms. The number of hydrogen-bond donors (Lipinski definition) is 1. The quantitative estimate of drug-likeness (QED) is 0.817. The fourth-order valence-electron chi connectivity index (χ4n) is 2.43. The molecule has 84 valence electrons. The Hall–Kier alpha value is -0.830. The highest BCUT2D eigenvalue weighted by atomic mass is 15.1. The van der Waals surface area contributed by atoms with Crippen molar-refractivity contribution in [3.63, 3.8) is 0 Å². The second-order valence-electron chi connectivity index (χ2n) is 4.31. The zero-order valence-electron chi connectivity index (χ0n) is 9.84. The van der Waals surface area contributed by atoms with Gasteiger partial charge in [0.05, 0.1) is 12.2 Å². The highest BCUT2D eigenvalue weighted by Gasteiger charge is 2.18. The highest BCUT2D eigenvalue weighted by molar-refractivity contribution is 5.19. The van der Waals surface area contributed by atoms with Crippen molar-refractivity contribution < 1.29 is 0 Å². The Labute approximate surface area is 91.9 Å². The third-order valence-electron chi connectivity index (χ3n) is 3.10. The molecule has 0 bridgehead atoms. The first kappa shape index (κ1) is 10.7. The molecule has 1 aromatic heterocycles. The summed E-state index contributed by atoms with van der Waals surface area (Å²) < 4.78 is 2.44. The first-order chi connectivity index (χ1) is 7.36. The van der Waals surface area contributed by atoms with Gasteiger partial charge in [0.1, 0.15) is 5.82 Å². The van der Waals surface area contributed by atoms with Crippen LogP contribution in [0.5, 0.6) is 0 Å². The van der Waals surface area contributed by atoms with Crippen LogP contribution in [0.3, 0.4) is 0 Å². The molecular formula is C12H21N3. The van der Waals surface area contributed by atoms with Crippen LogP contribution in [0, 0.1) is 0 Å². The summed E-state index contributed by atoms with van der Waals surface area (Å²) >= 11 is 0. The molecule has 0 amide bonds. The van der Waals surface area contributed by atoms with Gasteiger partial charge in [-0.2, -0.15) is 0 Å². The summed E-state index contributed by atoms with van der Waals surface area (Å²) in [4.78, 5) is 4.77. The maximum atomic E-state index is 4.77. The molecule has 2 heterocycles. The predicted octanol–water partition coefficient (Wildman–Crippen LogP) is 1.89. The molecule has 1 aliphatic rings. The van der Waals surface area contributed by atoms with Gasteiger partial charge in [-0.05, 0) is 32.7 Å². The molecule has 1 N–H and O–H groups in total. The van der Waals surface area contributed by atoms with Gasteiger partial charge < -0.3 is 9.88 Å². The largest absolute Gasteiger partial charge is 0.331 e. The van der Waals surface area contributed by atoms with Crippen molar-refractivity contribution in [1.82, 2.24) is 14.9 Å². The van der Waals surface area contributed by atoms with Gasteiger partial charge in [-0.3, -0.25) is 0 Å². The monoisotopic (exact) mass is 207 g/mol. The molecule has 1 aliphatic heterocycles. The second-order valence-corrected chi connectivity index (χ2v) is 4.31. The van der Waals surface area contributed by atoms with E-state index in [-0.39, 0.29) is 0 Å². The minimum Gasteiger partial charge on any atom is -0.331 e. The van der Waals surface area contributed by atoms with E-state index < -0.39 is 0 Å². The zero-order valence-corrected chi connectivity index (χ0v) is 9.84. The Balaban J connectivity index is 2.31. The minimum absolute atomic E-state index is 0.900. The lowest BCUT2D eigenvalue weighted by Crippen LogP contribution is -2.17. The molecule has 0 aromatic carbocycles. The van der Waals surface area contributed by atoms with Crippen LogP contribution in [0.25, 0.3) is 0 Å². The van der Waals surface area contributed by atoms with E-state index in [9.17, 15) is 0 Å². The Morgan fingerprint density at radius 2 is 2.27 bits per heavy atom. The van der Waals surface area contributed by atoms with Crippen molar-refractivity contribution in [3.8, 4) is 0 Å². The smallest absolute Gasteiger partial charge is 0.123 e. The molecule has 0 saturated carbocycles. The number of fused-ring (bicyclic) bond motifs is 1. The fraction of sp³-hybridized carbons (Fsp3) is 0.750. The molecule has 1 aromatic rings. The summed E-state index contributed by atoms with van der Waals surface area (Å²) in [6.45, 7) is 4.30. The third kappa shape index (κ3) is 2.07. The van der Waals surface area contributed by atoms with Gasteiger partial charge in [-0.15, -0.1) is 0 Å². The molecule has 0 saturated heterocycles. The first-order valence-corrected chi connectivity index (χ1v) is 6.08. The van der Waals surface area contributed by atoms with Crippen LogP contribution in [-0.4, -0.2) is 16.6 Å². The van der Waals surface area contributed by atoms with Gasteiger partial charge in [-0.1, -0.05) is 13.3 Å². The summed E-state index contributed by atoms with van der Waals surface area (Å²) in [5, 5.41) is 3.21. The SMILES string of the molecule is CCCc1nc(CNC)n2c1CCCC2. The molecule has 3 nitrogen and oxygen atoms in total. The molecule has 0 spiro atoms. The normalized spacial score (nSPS) is 15.3. The van der Waals surface area contributed by atoms with E-state index in [1.54, 1.807) is 0 Å². The lowest BCUT2D eigenvalue weighted by atomic mass is 10.1. The van der Waals surface area contributed by atoms with E-state index in [2.05, 4.69) is 16.8 Å². The number of rotatable bonds is 4. The summed E-state index contributed by atoms with van der Waals surface area (Å²) in [7, 11) is 1.99. The summed E-state index contributed by atoms with van der Waals surface area (Å²) in [6, 6.07) is 0. The lowest BCUT2D eigenvalue weighted by Gasteiger charge is -2.17. The van der Waals surface area contributed by atoms with Crippen LogP contribution < -0.4 is 5.32 Å². The zero-order chi connectivity index (χ0) is 10.7. The van der Waals surface area contributed by atoms with Crippen molar-refractivity contribution in [1.29, 1.82) is 0 Å². The van der Waals surface area contributed by atoms with Gasteiger partial charge in [0, 0.05) is 12.2 Å². The van der Waals surface area contributed by atoms with E-state index in [0.717, 1.165) is 13.0 Å². The highest BCUT2D eigenvalue weighted by Crippen LogP contribution is 2.21. The van der Waals surface area contributed by atoms with Crippen molar-refractivity contribution in [2.45, 2.75) is 52.1 Å². The van der Waals surface area contributed by atoms with E-state index in [4.69, 9.17) is 4.98 Å². The van der Waals surface area contributed by atoms with Crippen LogP contribution in [0.1, 0.15) is 43.4 Å². The molecular weight excluding hydrogens is 186 g/mol. The number of nitrogens with zero attached hydrogens (tertiary/aromatic N) is 2.